The summed E-state index contributed by atoms with van der Waals surface area (Å²) in [6, 6.07) is 13.5. The van der Waals surface area contributed by atoms with Crippen molar-refractivity contribution in [3.63, 3.8) is 0 Å². The second-order valence-corrected chi connectivity index (χ2v) is 6.20. The molecule has 0 aliphatic carbocycles. The Morgan fingerprint density at radius 3 is 2.21 bits per heavy atom. The van der Waals surface area contributed by atoms with Crippen LogP contribution in [0.3, 0.4) is 0 Å². The fraction of sp³-hybridized carbons (Fsp3) is 0.294. The summed E-state index contributed by atoms with van der Waals surface area (Å²) in [4.78, 5) is 0. The van der Waals surface area contributed by atoms with Crippen LogP contribution < -0.4 is 5.32 Å². The molecule has 2 heteroatoms. The summed E-state index contributed by atoms with van der Waals surface area (Å²) >= 11 is 2.45. The van der Waals surface area contributed by atoms with Crippen LogP contribution in [0.25, 0.3) is 0 Å². The SMILES string of the molecule is CNC(c1cc(C)cc(C)c1)c1cccc(C)c1I. The van der Waals surface area contributed by atoms with Crippen molar-refractivity contribution in [1.82, 2.24) is 5.32 Å². The maximum atomic E-state index is 3.45. The van der Waals surface area contributed by atoms with Gasteiger partial charge in [-0.3, -0.25) is 0 Å². The summed E-state index contributed by atoms with van der Waals surface area (Å²) in [5.74, 6) is 0. The third kappa shape index (κ3) is 3.18. The summed E-state index contributed by atoms with van der Waals surface area (Å²) in [5, 5.41) is 3.45. The number of aryl methyl sites for hydroxylation is 3. The standard InChI is InChI=1S/C17H20IN/c1-11-8-12(2)10-14(9-11)17(19-4)15-7-5-6-13(3)16(15)18/h5-10,17,19H,1-4H3. The van der Waals surface area contributed by atoms with E-state index in [1.807, 2.05) is 7.05 Å². The van der Waals surface area contributed by atoms with E-state index in [-0.39, 0.29) is 6.04 Å². The molecule has 0 spiro atoms. The van der Waals surface area contributed by atoms with Gasteiger partial charge in [0.2, 0.25) is 0 Å². The van der Waals surface area contributed by atoms with Crippen molar-refractivity contribution in [2.24, 2.45) is 0 Å². The third-order valence-corrected chi connectivity index (χ3v) is 4.87. The van der Waals surface area contributed by atoms with Crippen LogP contribution in [0.1, 0.15) is 33.9 Å². The van der Waals surface area contributed by atoms with Gasteiger partial charge in [-0.15, -0.1) is 0 Å². The lowest BCUT2D eigenvalue weighted by molar-refractivity contribution is 0.686. The summed E-state index contributed by atoms with van der Waals surface area (Å²) in [5.41, 5.74) is 6.66. The molecule has 0 fully saturated rings. The molecule has 0 saturated heterocycles. The number of rotatable bonds is 3. The van der Waals surface area contributed by atoms with Gasteiger partial charge >= 0.3 is 0 Å². The molecular weight excluding hydrogens is 345 g/mol. The van der Waals surface area contributed by atoms with Crippen LogP contribution in [-0.4, -0.2) is 7.05 Å². The van der Waals surface area contributed by atoms with Gasteiger partial charge in [-0.1, -0.05) is 47.5 Å². The van der Waals surface area contributed by atoms with E-state index >= 15 is 0 Å². The zero-order chi connectivity index (χ0) is 14.0. The van der Waals surface area contributed by atoms with Gasteiger partial charge in [-0.25, -0.2) is 0 Å². The molecule has 0 bridgehead atoms. The van der Waals surface area contributed by atoms with E-state index in [2.05, 4.69) is 85.1 Å². The molecule has 2 aromatic rings. The Bertz CT molecular complexity index is 570. The van der Waals surface area contributed by atoms with E-state index in [9.17, 15) is 0 Å². The highest BCUT2D eigenvalue weighted by Gasteiger charge is 2.16. The first-order valence-corrected chi connectivity index (χ1v) is 7.61. The molecule has 0 aliphatic heterocycles. The molecule has 0 amide bonds. The van der Waals surface area contributed by atoms with Crippen molar-refractivity contribution in [2.75, 3.05) is 7.05 Å². The maximum Gasteiger partial charge on any atom is 0.0585 e. The molecule has 2 aromatic carbocycles. The van der Waals surface area contributed by atoms with Crippen LogP contribution in [0.4, 0.5) is 0 Å². The van der Waals surface area contributed by atoms with Gasteiger partial charge in [0.15, 0.2) is 0 Å². The van der Waals surface area contributed by atoms with Crippen LogP contribution in [0.2, 0.25) is 0 Å². The number of nitrogens with one attached hydrogen (secondary N) is 1. The summed E-state index contributed by atoms with van der Waals surface area (Å²) in [7, 11) is 2.03. The van der Waals surface area contributed by atoms with Crippen molar-refractivity contribution in [3.8, 4) is 0 Å². The minimum Gasteiger partial charge on any atom is -0.309 e. The van der Waals surface area contributed by atoms with Crippen LogP contribution >= 0.6 is 22.6 Å². The first-order valence-electron chi connectivity index (χ1n) is 6.53. The van der Waals surface area contributed by atoms with E-state index in [1.165, 1.54) is 31.4 Å². The van der Waals surface area contributed by atoms with E-state index in [4.69, 9.17) is 0 Å². The fourth-order valence-electron chi connectivity index (χ4n) is 2.57. The van der Waals surface area contributed by atoms with Crippen molar-refractivity contribution < 1.29 is 0 Å². The normalized spacial score (nSPS) is 12.5. The second-order valence-electron chi connectivity index (χ2n) is 5.12. The Morgan fingerprint density at radius 2 is 1.63 bits per heavy atom. The van der Waals surface area contributed by atoms with Gasteiger partial charge in [0.05, 0.1) is 6.04 Å². The van der Waals surface area contributed by atoms with Crippen LogP contribution in [0, 0.1) is 24.3 Å². The fourth-order valence-corrected chi connectivity index (χ4v) is 3.24. The van der Waals surface area contributed by atoms with Gasteiger partial charge in [0.1, 0.15) is 0 Å². The van der Waals surface area contributed by atoms with Crippen molar-refractivity contribution in [2.45, 2.75) is 26.8 Å². The van der Waals surface area contributed by atoms with Gasteiger partial charge < -0.3 is 5.32 Å². The predicted molar refractivity (Wildman–Crippen MR) is 90.7 cm³/mol. The molecular formula is C17H20IN. The van der Waals surface area contributed by atoms with E-state index in [0.717, 1.165) is 0 Å². The molecule has 1 nitrogen and oxygen atoms in total. The Morgan fingerprint density at radius 1 is 1.00 bits per heavy atom. The Kier molecular flexibility index (Phi) is 4.63. The lowest BCUT2D eigenvalue weighted by atomic mass is 9.95. The first-order chi connectivity index (χ1) is 9.02. The predicted octanol–water partition coefficient (Wildman–Crippen LogP) is 4.53. The molecule has 19 heavy (non-hydrogen) atoms. The smallest absolute Gasteiger partial charge is 0.0585 e. The number of hydrogen-bond acceptors (Lipinski definition) is 1. The van der Waals surface area contributed by atoms with Crippen LogP contribution in [0.15, 0.2) is 36.4 Å². The average molecular weight is 365 g/mol. The topological polar surface area (TPSA) is 12.0 Å². The Hall–Kier alpha value is -0.870. The highest BCUT2D eigenvalue weighted by Crippen LogP contribution is 2.28. The van der Waals surface area contributed by atoms with E-state index in [1.54, 1.807) is 0 Å². The number of hydrogen-bond donors (Lipinski definition) is 1. The molecule has 1 N–H and O–H groups in total. The van der Waals surface area contributed by atoms with Crippen LogP contribution in [-0.2, 0) is 0 Å². The summed E-state index contributed by atoms with van der Waals surface area (Å²) in [6.07, 6.45) is 0. The molecule has 100 valence electrons. The number of benzene rings is 2. The van der Waals surface area contributed by atoms with Gasteiger partial charge in [-0.05, 0) is 67.1 Å². The highest BCUT2D eigenvalue weighted by molar-refractivity contribution is 14.1. The monoisotopic (exact) mass is 365 g/mol. The lowest BCUT2D eigenvalue weighted by Gasteiger charge is -2.20. The zero-order valence-electron chi connectivity index (χ0n) is 11.9. The minimum atomic E-state index is 0.255. The van der Waals surface area contributed by atoms with Crippen molar-refractivity contribution in [1.29, 1.82) is 0 Å². The molecule has 2 rings (SSSR count). The molecule has 1 atom stereocenters. The average Bonchev–Trinajstić information content (AvgIpc) is 2.34. The van der Waals surface area contributed by atoms with E-state index in [0.29, 0.717) is 0 Å². The first kappa shape index (κ1) is 14.5. The highest BCUT2D eigenvalue weighted by atomic mass is 127. The van der Waals surface area contributed by atoms with Crippen LogP contribution in [0.5, 0.6) is 0 Å². The summed E-state index contributed by atoms with van der Waals surface area (Å²) < 4.78 is 1.35. The Labute approximate surface area is 129 Å². The van der Waals surface area contributed by atoms with Gasteiger partial charge in [-0.2, -0.15) is 0 Å². The zero-order valence-corrected chi connectivity index (χ0v) is 14.1. The Balaban J connectivity index is 2.53. The summed E-state index contributed by atoms with van der Waals surface area (Å²) in [6.45, 7) is 6.48. The number of halogens is 1. The molecule has 1 unspecified atom stereocenters. The molecule has 0 heterocycles. The quantitative estimate of drug-likeness (QED) is 0.789. The minimum absolute atomic E-state index is 0.255. The largest absolute Gasteiger partial charge is 0.309 e. The molecule has 0 aliphatic rings. The van der Waals surface area contributed by atoms with Gasteiger partial charge in [0, 0.05) is 3.57 Å². The maximum absolute atomic E-state index is 3.45. The van der Waals surface area contributed by atoms with Crippen molar-refractivity contribution in [3.05, 3.63) is 67.8 Å². The second kappa shape index (κ2) is 6.06. The third-order valence-electron chi connectivity index (χ3n) is 3.40. The molecule has 0 aromatic heterocycles. The van der Waals surface area contributed by atoms with E-state index < -0.39 is 0 Å². The molecule has 0 saturated carbocycles. The molecule has 0 radical (unpaired) electrons. The lowest BCUT2D eigenvalue weighted by Crippen LogP contribution is -2.19. The van der Waals surface area contributed by atoms with Crippen molar-refractivity contribution >= 4 is 22.6 Å². The van der Waals surface area contributed by atoms with Gasteiger partial charge in [0.25, 0.3) is 0 Å².